The first-order chi connectivity index (χ1) is 8.23. The zero-order valence-corrected chi connectivity index (χ0v) is 12.3. The molecular formula is C11H20N2O3S2. The van der Waals surface area contributed by atoms with Gasteiger partial charge in [0.2, 0.25) is 5.91 Å². The van der Waals surface area contributed by atoms with Crippen molar-refractivity contribution in [3.63, 3.8) is 0 Å². The maximum Gasteiger partial charge on any atom is 0.230 e. The second kappa shape index (κ2) is 5.97. The van der Waals surface area contributed by atoms with E-state index in [0.717, 1.165) is 0 Å². The number of carbonyl (C=O) groups excluding carboxylic acids is 1. The van der Waals surface area contributed by atoms with E-state index in [-0.39, 0.29) is 34.4 Å². The number of amides is 1. The first-order valence-electron chi connectivity index (χ1n) is 6.03. The summed E-state index contributed by atoms with van der Waals surface area (Å²) in [6.45, 7) is 3.72. The van der Waals surface area contributed by atoms with Crippen LogP contribution in [0.25, 0.3) is 0 Å². The normalized spacial score (nSPS) is 24.5. The van der Waals surface area contributed by atoms with Crippen LogP contribution in [0.3, 0.4) is 0 Å². The van der Waals surface area contributed by atoms with Crippen molar-refractivity contribution in [2.45, 2.75) is 32.7 Å². The van der Waals surface area contributed by atoms with Gasteiger partial charge in [-0.1, -0.05) is 26.1 Å². The van der Waals surface area contributed by atoms with Gasteiger partial charge < -0.3 is 11.1 Å². The zero-order valence-electron chi connectivity index (χ0n) is 10.7. The second-order valence-electron chi connectivity index (χ2n) is 5.09. The standard InChI is InChI=1S/C11H20N2O3S2/c1-7(2)9(10(12)17)11(14)13-8-4-3-5-18(15,16)6-8/h7-9H,3-6H2,1-2H3,(H2,12,17)(H,13,14). The highest BCUT2D eigenvalue weighted by Gasteiger charge is 2.30. The monoisotopic (exact) mass is 292 g/mol. The van der Waals surface area contributed by atoms with Gasteiger partial charge in [-0.2, -0.15) is 0 Å². The molecule has 0 bridgehead atoms. The Kier molecular flexibility index (Phi) is 5.10. The van der Waals surface area contributed by atoms with Crippen LogP contribution in [-0.4, -0.2) is 36.9 Å². The van der Waals surface area contributed by atoms with Crippen molar-refractivity contribution < 1.29 is 13.2 Å². The highest BCUT2D eigenvalue weighted by Crippen LogP contribution is 2.15. The number of hydrogen-bond donors (Lipinski definition) is 2. The van der Waals surface area contributed by atoms with Gasteiger partial charge >= 0.3 is 0 Å². The Labute approximate surface area is 113 Å². The molecule has 7 heteroatoms. The van der Waals surface area contributed by atoms with E-state index < -0.39 is 15.8 Å². The Hall–Kier alpha value is -0.690. The van der Waals surface area contributed by atoms with Crippen LogP contribution < -0.4 is 11.1 Å². The molecule has 3 N–H and O–H groups in total. The maximum absolute atomic E-state index is 12.0. The largest absolute Gasteiger partial charge is 0.393 e. The van der Waals surface area contributed by atoms with Crippen LogP contribution in [0.4, 0.5) is 0 Å². The van der Waals surface area contributed by atoms with E-state index in [1.807, 2.05) is 13.8 Å². The Morgan fingerprint density at radius 2 is 2.06 bits per heavy atom. The summed E-state index contributed by atoms with van der Waals surface area (Å²) in [6.07, 6.45) is 1.28. The van der Waals surface area contributed by atoms with Gasteiger partial charge in [-0.05, 0) is 18.8 Å². The molecule has 0 radical (unpaired) electrons. The van der Waals surface area contributed by atoms with E-state index >= 15 is 0 Å². The highest BCUT2D eigenvalue weighted by molar-refractivity contribution is 7.91. The summed E-state index contributed by atoms with van der Waals surface area (Å²) in [4.78, 5) is 12.2. The zero-order chi connectivity index (χ0) is 13.9. The summed E-state index contributed by atoms with van der Waals surface area (Å²) in [7, 11) is -3.02. The molecule has 0 aromatic carbocycles. The lowest BCUT2D eigenvalue weighted by Crippen LogP contribution is -2.48. The lowest BCUT2D eigenvalue weighted by molar-refractivity contribution is -0.124. The molecule has 1 saturated heterocycles. The van der Waals surface area contributed by atoms with Crippen LogP contribution in [0, 0.1) is 11.8 Å². The molecule has 18 heavy (non-hydrogen) atoms. The fraction of sp³-hybridized carbons (Fsp3) is 0.818. The molecule has 2 atom stereocenters. The average molecular weight is 292 g/mol. The predicted octanol–water partition coefficient (Wildman–Crippen LogP) is 0.238. The molecular weight excluding hydrogens is 272 g/mol. The Bertz CT molecular complexity index is 432. The fourth-order valence-corrected chi connectivity index (χ4v) is 4.20. The smallest absolute Gasteiger partial charge is 0.230 e. The van der Waals surface area contributed by atoms with E-state index in [2.05, 4.69) is 5.32 Å². The quantitative estimate of drug-likeness (QED) is 0.724. The topological polar surface area (TPSA) is 89.3 Å². The third-order valence-corrected chi connectivity index (χ3v) is 5.14. The van der Waals surface area contributed by atoms with Gasteiger partial charge in [0.1, 0.15) is 0 Å². The molecule has 1 heterocycles. The van der Waals surface area contributed by atoms with Crippen molar-refractivity contribution in [1.29, 1.82) is 0 Å². The molecule has 0 aliphatic carbocycles. The van der Waals surface area contributed by atoms with Crippen LogP contribution in [-0.2, 0) is 14.6 Å². The number of carbonyl (C=O) groups is 1. The van der Waals surface area contributed by atoms with Crippen molar-refractivity contribution in [2.75, 3.05) is 11.5 Å². The lowest BCUT2D eigenvalue weighted by atomic mass is 9.94. The molecule has 0 saturated carbocycles. The van der Waals surface area contributed by atoms with E-state index in [1.165, 1.54) is 0 Å². The third kappa shape index (κ3) is 4.20. The molecule has 104 valence electrons. The molecule has 0 spiro atoms. The van der Waals surface area contributed by atoms with Crippen molar-refractivity contribution in [3.05, 3.63) is 0 Å². The van der Waals surface area contributed by atoms with Crippen molar-refractivity contribution in [1.82, 2.24) is 5.32 Å². The number of hydrogen-bond acceptors (Lipinski definition) is 4. The molecule has 0 aromatic heterocycles. The van der Waals surface area contributed by atoms with E-state index in [1.54, 1.807) is 0 Å². The predicted molar refractivity (Wildman–Crippen MR) is 74.9 cm³/mol. The van der Waals surface area contributed by atoms with Gasteiger partial charge in [0.15, 0.2) is 9.84 Å². The summed E-state index contributed by atoms with van der Waals surface area (Å²) in [5.74, 6) is -0.574. The van der Waals surface area contributed by atoms with Crippen LogP contribution in [0.2, 0.25) is 0 Å². The number of rotatable bonds is 4. The van der Waals surface area contributed by atoms with Gasteiger partial charge in [0.05, 0.1) is 22.4 Å². The van der Waals surface area contributed by atoms with Gasteiger partial charge in [-0.25, -0.2) is 8.42 Å². The number of nitrogens with two attached hydrogens (primary N) is 1. The van der Waals surface area contributed by atoms with E-state index in [9.17, 15) is 13.2 Å². The second-order valence-corrected chi connectivity index (χ2v) is 7.79. The Morgan fingerprint density at radius 3 is 2.50 bits per heavy atom. The molecule has 2 unspecified atom stereocenters. The molecule has 1 amide bonds. The average Bonchev–Trinajstić information content (AvgIpc) is 2.13. The minimum Gasteiger partial charge on any atom is -0.393 e. The summed E-state index contributed by atoms with van der Waals surface area (Å²) < 4.78 is 23.0. The number of sulfone groups is 1. The summed E-state index contributed by atoms with van der Waals surface area (Å²) in [6, 6.07) is -0.313. The molecule has 1 rings (SSSR count). The summed E-state index contributed by atoms with van der Waals surface area (Å²) in [5.41, 5.74) is 5.55. The van der Waals surface area contributed by atoms with Crippen LogP contribution >= 0.6 is 12.2 Å². The maximum atomic E-state index is 12.0. The minimum atomic E-state index is -3.02. The lowest BCUT2D eigenvalue weighted by Gasteiger charge is -2.26. The molecule has 1 fully saturated rings. The summed E-state index contributed by atoms with van der Waals surface area (Å²) >= 11 is 4.88. The van der Waals surface area contributed by atoms with Crippen molar-refractivity contribution >= 4 is 33.0 Å². The summed E-state index contributed by atoms with van der Waals surface area (Å²) in [5, 5.41) is 2.75. The van der Waals surface area contributed by atoms with Crippen molar-refractivity contribution in [2.24, 2.45) is 17.6 Å². The van der Waals surface area contributed by atoms with Gasteiger partial charge in [0, 0.05) is 6.04 Å². The van der Waals surface area contributed by atoms with Gasteiger partial charge in [-0.3, -0.25) is 4.79 Å². The van der Waals surface area contributed by atoms with Crippen LogP contribution in [0.5, 0.6) is 0 Å². The SMILES string of the molecule is CC(C)C(C(=O)NC1CCCS(=O)(=O)C1)C(N)=S. The van der Waals surface area contributed by atoms with E-state index in [0.29, 0.717) is 12.8 Å². The van der Waals surface area contributed by atoms with Gasteiger partial charge in [-0.15, -0.1) is 0 Å². The van der Waals surface area contributed by atoms with Crippen molar-refractivity contribution in [3.8, 4) is 0 Å². The first kappa shape index (κ1) is 15.4. The highest BCUT2D eigenvalue weighted by atomic mass is 32.2. The molecule has 1 aliphatic rings. The Morgan fingerprint density at radius 1 is 1.44 bits per heavy atom. The van der Waals surface area contributed by atoms with Crippen LogP contribution in [0.15, 0.2) is 0 Å². The van der Waals surface area contributed by atoms with Crippen LogP contribution in [0.1, 0.15) is 26.7 Å². The molecule has 5 nitrogen and oxygen atoms in total. The minimum absolute atomic E-state index is 0.00250. The van der Waals surface area contributed by atoms with Gasteiger partial charge in [0.25, 0.3) is 0 Å². The van der Waals surface area contributed by atoms with E-state index in [4.69, 9.17) is 18.0 Å². The first-order valence-corrected chi connectivity index (χ1v) is 8.26. The molecule has 1 aliphatic heterocycles. The number of thiocarbonyl (C=S) groups is 1. The molecule has 0 aromatic rings. The fourth-order valence-electron chi connectivity index (χ4n) is 2.19. The number of nitrogens with one attached hydrogen (secondary N) is 1. The Balaban J connectivity index is 2.66. The third-order valence-electron chi connectivity index (χ3n) is 3.07.